The fraction of sp³-hybridized carbons (Fsp3) is 0.235. The molecule has 3 nitrogen and oxygen atoms in total. The van der Waals surface area contributed by atoms with E-state index in [-0.39, 0.29) is 5.82 Å². The van der Waals surface area contributed by atoms with Crippen LogP contribution in [0.4, 0.5) is 10.1 Å². The van der Waals surface area contributed by atoms with Gasteiger partial charge in [-0.25, -0.2) is 9.37 Å². The molecule has 0 amide bonds. The van der Waals surface area contributed by atoms with E-state index >= 15 is 0 Å². The fourth-order valence-electron chi connectivity index (χ4n) is 3.16. The maximum Gasteiger partial charge on any atom is 0.125 e. The molecule has 1 aliphatic rings. The van der Waals surface area contributed by atoms with Gasteiger partial charge in [-0.05, 0) is 29.8 Å². The Morgan fingerprint density at radius 1 is 1.29 bits per heavy atom. The maximum atomic E-state index is 13.4. The lowest BCUT2D eigenvalue weighted by molar-refractivity contribution is 0.628. The summed E-state index contributed by atoms with van der Waals surface area (Å²) < 4.78 is 15.4. The van der Waals surface area contributed by atoms with Crippen LogP contribution in [0.15, 0.2) is 42.5 Å². The van der Waals surface area contributed by atoms with Crippen molar-refractivity contribution in [2.24, 2.45) is 7.05 Å². The highest BCUT2D eigenvalue weighted by Crippen LogP contribution is 2.33. The minimum atomic E-state index is -0.218. The van der Waals surface area contributed by atoms with Gasteiger partial charge in [-0.15, -0.1) is 0 Å². The van der Waals surface area contributed by atoms with E-state index < -0.39 is 0 Å². The highest BCUT2D eigenvalue weighted by atomic mass is 19.1. The van der Waals surface area contributed by atoms with Crippen molar-refractivity contribution in [2.45, 2.75) is 12.3 Å². The Balaban J connectivity index is 1.71. The van der Waals surface area contributed by atoms with Crippen molar-refractivity contribution in [2.75, 3.05) is 11.9 Å². The average molecular weight is 281 g/mol. The summed E-state index contributed by atoms with van der Waals surface area (Å²) in [6, 6.07) is 13.2. The van der Waals surface area contributed by atoms with Crippen molar-refractivity contribution in [1.82, 2.24) is 9.55 Å². The largest absolute Gasteiger partial charge is 0.384 e. The number of nitrogens with one attached hydrogen (secondary N) is 1. The lowest BCUT2D eigenvalue weighted by Gasteiger charge is -2.10. The Labute approximate surface area is 122 Å². The Hall–Kier alpha value is -2.36. The second-order valence-corrected chi connectivity index (χ2v) is 5.59. The quantitative estimate of drug-likeness (QED) is 0.779. The molecule has 0 fully saturated rings. The third-order valence-electron chi connectivity index (χ3n) is 4.30. The summed E-state index contributed by atoms with van der Waals surface area (Å²) in [5.74, 6) is 1.20. The topological polar surface area (TPSA) is 29.9 Å². The molecule has 0 bridgehead atoms. The zero-order valence-electron chi connectivity index (χ0n) is 11.8. The summed E-state index contributed by atoms with van der Waals surface area (Å²) in [5.41, 5.74) is 4.26. The first-order valence-electron chi connectivity index (χ1n) is 7.16. The minimum absolute atomic E-state index is 0.218. The van der Waals surface area contributed by atoms with E-state index in [2.05, 4.69) is 28.5 Å². The van der Waals surface area contributed by atoms with Gasteiger partial charge in [0.15, 0.2) is 0 Å². The predicted molar refractivity (Wildman–Crippen MR) is 82.0 cm³/mol. The number of anilines is 1. The molecular weight excluding hydrogens is 265 g/mol. The number of aryl methyl sites for hydroxylation is 1. The second-order valence-electron chi connectivity index (χ2n) is 5.59. The van der Waals surface area contributed by atoms with E-state index in [4.69, 9.17) is 0 Å². The maximum absolute atomic E-state index is 13.4. The zero-order chi connectivity index (χ0) is 14.4. The summed E-state index contributed by atoms with van der Waals surface area (Å²) in [6.45, 7) is 0.927. The van der Waals surface area contributed by atoms with Crippen LogP contribution >= 0.6 is 0 Å². The standard InChI is InChI=1S/C17H16FN3/c1-21-16-9-12(18)6-7-15(16)20-17(21)8-11-10-19-14-5-3-2-4-13(11)14/h2-7,9,11,19H,8,10H2,1H3. The van der Waals surface area contributed by atoms with Gasteiger partial charge in [-0.1, -0.05) is 18.2 Å². The molecule has 106 valence electrons. The van der Waals surface area contributed by atoms with Gasteiger partial charge in [0.2, 0.25) is 0 Å². The van der Waals surface area contributed by atoms with E-state index in [1.54, 1.807) is 12.1 Å². The lowest BCUT2D eigenvalue weighted by Crippen LogP contribution is -2.09. The Bertz CT molecular complexity index is 822. The first-order valence-corrected chi connectivity index (χ1v) is 7.16. The average Bonchev–Trinajstić information content (AvgIpc) is 3.03. The minimum Gasteiger partial charge on any atom is -0.384 e. The summed E-state index contributed by atoms with van der Waals surface area (Å²) in [7, 11) is 1.96. The molecular formula is C17H16FN3. The number of halogens is 1. The Morgan fingerprint density at radius 3 is 3.05 bits per heavy atom. The Kier molecular flexibility index (Phi) is 2.70. The number of rotatable bonds is 2. The van der Waals surface area contributed by atoms with Crippen LogP contribution < -0.4 is 5.32 Å². The molecule has 4 rings (SSSR count). The molecule has 2 aromatic carbocycles. The molecule has 1 N–H and O–H groups in total. The van der Waals surface area contributed by atoms with Gasteiger partial charge in [-0.2, -0.15) is 0 Å². The first-order chi connectivity index (χ1) is 10.2. The van der Waals surface area contributed by atoms with Crippen LogP contribution in [0.5, 0.6) is 0 Å². The van der Waals surface area contributed by atoms with Crippen molar-refractivity contribution >= 4 is 16.7 Å². The van der Waals surface area contributed by atoms with Gasteiger partial charge in [0.1, 0.15) is 11.6 Å². The SMILES string of the molecule is Cn1c(CC2CNc3ccccc32)nc2ccc(F)cc21. The summed E-state index contributed by atoms with van der Waals surface area (Å²) in [5, 5.41) is 3.44. The molecule has 0 saturated heterocycles. The smallest absolute Gasteiger partial charge is 0.125 e. The number of imidazole rings is 1. The molecule has 0 saturated carbocycles. The predicted octanol–water partition coefficient (Wildman–Crippen LogP) is 3.46. The van der Waals surface area contributed by atoms with E-state index in [9.17, 15) is 4.39 Å². The molecule has 2 heterocycles. The van der Waals surface area contributed by atoms with Crippen molar-refractivity contribution in [1.29, 1.82) is 0 Å². The van der Waals surface area contributed by atoms with Crippen molar-refractivity contribution in [3.8, 4) is 0 Å². The Morgan fingerprint density at radius 2 is 2.14 bits per heavy atom. The van der Waals surface area contributed by atoms with Crippen LogP contribution in [0, 0.1) is 5.82 Å². The number of benzene rings is 2. The van der Waals surface area contributed by atoms with E-state index in [0.717, 1.165) is 29.8 Å². The van der Waals surface area contributed by atoms with Crippen LogP contribution in [-0.4, -0.2) is 16.1 Å². The number of hydrogen-bond acceptors (Lipinski definition) is 2. The first kappa shape index (κ1) is 12.4. The molecule has 1 aliphatic heterocycles. The zero-order valence-corrected chi connectivity index (χ0v) is 11.8. The third-order valence-corrected chi connectivity index (χ3v) is 4.30. The number of para-hydroxylation sites is 1. The summed E-state index contributed by atoms with van der Waals surface area (Å²) in [6.07, 6.45) is 0.858. The molecule has 1 aromatic heterocycles. The van der Waals surface area contributed by atoms with Crippen molar-refractivity contribution in [3.63, 3.8) is 0 Å². The molecule has 0 aliphatic carbocycles. The monoisotopic (exact) mass is 281 g/mol. The third kappa shape index (κ3) is 1.98. The number of hydrogen-bond donors (Lipinski definition) is 1. The van der Waals surface area contributed by atoms with Crippen molar-refractivity contribution in [3.05, 3.63) is 59.7 Å². The second kappa shape index (κ2) is 4.58. The number of fused-ring (bicyclic) bond motifs is 2. The molecule has 1 unspecified atom stereocenters. The van der Waals surface area contributed by atoms with Crippen molar-refractivity contribution < 1.29 is 4.39 Å². The molecule has 21 heavy (non-hydrogen) atoms. The van der Waals surface area contributed by atoms with Crippen LogP contribution in [0.1, 0.15) is 17.3 Å². The fourth-order valence-corrected chi connectivity index (χ4v) is 3.16. The van der Waals surface area contributed by atoms with Crippen LogP contribution in [-0.2, 0) is 13.5 Å². The summed E-state index contributed by atoms with van der Waals surface area (Å²) >= 11 is 0. The molecule has 0 spiro atoms. The van der Waals surface area contributed by atoms with Gasteiger partial charge in [-0.3, -0.25) is 0 Å². The number of nitrogens with zero attached hydrogens (tertiary/aromatic N) is 2. The van der Waals surface area contributed by atoms with Crippen LogP contribution in [0.3, 0.4) is 0 Å². The van der Waals surface area contributed by atoms with E-state index in [1.165, 1.54) is 17.3 Å². The van der Waals surface area contributed by atoms with E-state index in [0.29, 0.717) is 5.92 Å². The van der Waals surface area contributed by atoms with Gasteiger partial charge < -0.3 is 9.88 Å². The van der Waals surface area contributed by atoms with Crippen LogP contribution in [0.2, 0.25) is 0 Å². The highest BCUT2D eigenvalue weighted by Gasteiger charge is 2.23. The van der Waals surface area contributed by atoms with Gasteiger partial charge in [0, 0.05) is 31.6 Å². The summed E-state index contributed by atoms with van der Waals surface area (Å²) in [4.78, 5) is 4.66. The van der Waals surface area contributed by atoms with Gasteiger partial charge >= 0.3 is 0 Å². The molecule has 4 heteroatoms. The highest BCUT2D eigenvalue weighted by molar-refractivity contribution is 5.76. The van der Waals surface area contributed by atoms with E-state index in [1.807, 2.05) is 17.7 Å². The molecule has 0 radical (unpaired) electrons. The van der Waals surface area contributed by atoms with Gasteiger partial charge in [0.25, 0.3) is 0 Å². The normalized spacial score (nSPS) is 17.0. The van der Waals surface area contributed by atoms with Gasteiger partial charge in [0.05, 0.1) is 11.0 Å². The lowest BCUT2D eigenvalue weighted by atomic mass is 9.98. The van der Waals surface area contributed by atoms with Crippen LogP contribution in [0.25, 0.3) is 11.0 Å². The number of aromatic nitrogens is 2. The molecule has 1 atom stereocenters. The molecule has 3 aromatic rings.